The highest BCUT2D eigenvalue weighted by Crippen LogP contribution is 2.16. The molecule has 0 bridgehead atoms. The van der Waals surface area contributed by atoms with Crippen LogP contribution in [0.4, 0.5) is 18.3 Å². The molecule has 2 heterocycles. The first kappa shape index (κ1) is 15.7. The summed E-state index contributed by atoms with van der Waals surface area (Å²) in [7, 11) is 0. The summed E-state index contributed by atoms with van der Waals surface area (Å²) in [5, 5.41) is 9.86. The second-order valence-electron chi connectivity index (χ2n) is 3.96. The van der Waals surface area contributed by atoms with Gasteiger partial charge >= 0.3 is 12.1 Å². The number of thiazole rings is 1. The Morgan fingerprint density at radius 1 is 1.47 bits per heavy atom. The van der Waals surface area contributed by atoms with Crippen LogP contribution in [-0.4, -0.2) is 40.2 Å². The maximum atomic E-state index is 10.6. The molecule has 0 aromatic carbocycles. The fraction of sp³-hybridized carbons (Fsp3) is 0.600. The summed E-state index contributed by atoms with van der Waals surface area (Å²) in [4.78, 5) is 15.5. The second-order valence-corrected chi connectivity index (χ2v) is 4.85. The molecule has 1 fully saturated rings. The van der Waals surface area contributed by atoms with Crippen molar-refractivity contribution in [3.05, 3.63) is 11.1 Å². The lowest BCUT2D eigenvalue weighted by atomic mass is 10.4. The fourth-order valence-corrected chi connectivity index (χ4v) is 2.12. The van der Waals surface area contributed by atoms with Gasteiger partial charge < -0.3 is 10.8 Å². The third-order valence-corrected chi connectivity index (χ3v) is 3.12. The minimum Gasteiger partial charge on any atom is -0.475 e. The first-order valence-electron chi connectivity index (χ1n) is 5.51. The minimum atomic E-state index is -5.08. The number of hydrogen-bond acceptors (Lipinski definition) is 5. The van der Waals surface area contributed by atoms with Crippen LogP contribution in [0.5, 0.6) is 0 Å². The Labute approximate surface area is 111 Å². The molecule has 0 radical (unpaired) electrons. The molecule has 3 N–H and O–H groups in total. The summed E-state index contributed by atoms with van der Waals surface area (Å²) >= 11 is 1.53. The third kappa shape index (κ3) is 5.88. The number of aromatic nitrogens is 1. The van der Waals surface area contributed by atoms with Crippen LogP contribution in [0.25, 0.3) is 0 Å². The summed E-state index contributed by atoms with van der Waals surface area (Å²) in [6, 6.07) is 0. The maximum Gasteiger partial charge on any atom is 0.490 e. The molecule has 1 aliphatic heterocycles. The average Bonchev–Trinajstić information content (AvgIpc) is 2.90. The van der Waals surface area contributed by atoms with Gasteiger partial charge in [-0.25, -0.2) is 9.78 Å². The van der Waals surface area contributed by atoms with E-state index in [0.29, 0.717) is 5.13 Å². The SMILES string of the molecule is Nc1nc(CN2CCCC2)cs1.O=C(O)C(F)(F)F. The minimum absolute atomic E-state index is 0.684. The molecule has 1 aliphatic rings. The normalized spacial score (nSPS) is 15.9. The highest BCUT2D eigenvalue weighted by molar-refractivity contribution is 7.13. The van der Waals surface area contributed by atoms with E-state index in [1.807, 2.05) is 5.38 Å². The zero-order valence-electron chi connectivity index (χ0n) is 9.98. The number of anilines is 1. The van der Waals surface area contributed by atoms with Gasteiger partial charge in [-0.05, 0) is 25.9 Å². The van der Waals surface area contributed by atoms with E-state index in [9.17, 15) is 13.2 Å². The van der Waals surface area contributed by atoms with Gasteiger partial charge in [0.1, 0.15) is 0 Å². The molecule has 0 aliphatic carbocycles. The van der Waals surface area contributed by atoms with E-state index in [1.54, 1.807) is 0 Å². The lowest BCUT2D eigenvalue weighted by Gasteiger charge is -2.11. The van der Waals surface area contributed by atoms with Crippen molar-refractivity contribution in [1.29, 1.82) is 0 Å². The van der Waals surface area contributed by atoms with Gasteiger partial charge in [0.15, 0.2) is 5.13 Å². The number of nitrogens with two attached hydrogens (primary N) is 1. The Balaban J connectivity index is 0.000000224. The summed E-state index contributed by atoms with van der Waals surface area (Å²) in [6.07, 6.45) is -2.42. The second kappa shape index (κ2) is 6.71. The molecule has 1 saturated heterocycles. The zero-order chi connectivity index (χ0) is 14.5. The van der Waals surface area contributed by atoms with Crippen molar-refractivity contribution >= 4 is 22.4 Å². The van der Waals surface area contributed by atoms with Crippen LogP contribution in [-0.2, 0) is 11.3 Å². The quantitative estimate of drug-likeness (QED) is 0.872. The molecule has 0 amide bonds. The molecule has 9 heteroatoms. The molecule has 0 unspecified atom stereocenters. The molecule has 0 saturated carbocycles. The first-order chi connectivity index (χ1) is 8.79. The van der Waals surface area contributed by atoms with Crippen LogP contribution < -0.4 is 5.73 Å². The molecule has 0 atom stereocenters. The number of carbonyl (C=O) groups is 1. The van der Waals surface area contributed by atoms with Crippen LogP contribution in [0.1, 0.15) is 18.5 Å². The molecule has 108 valence electrons. The highest BCUT2D eigenvalue weighted by Gasteiger charge is 2.38. The van der Waals surface area contributed by atoms with Crippen LogP contribution >= 0.6 is 11.3 Å². The largest absolute Gasteiger partial charge is 0.490 e. The van der Waals surface area contributed by atoms with Gasteiger partial charge in [0, 0.05) is 11.9 Å². The third-order valence-electron chi connectivity index (χ3n) is 2.40. The fourth-order valence-electron chi connectivity index (χ4n) is 1.57. The Morgan fingerprint density at radius 2 is 2.00 bits per heavy atom. The Bertz CT molecular complexity index is 416. The van der Waals surface area contributed by atoms with E-state index in [0.717, 1.165) is 12.2 Å². The van der Waals surface area contributed by atoms with Gasteiger partial charge in [-0.2, -0.15) is 13.2 Å². The predicted molar refractivity (Wildman–Crippen MR) is 64.7 cm³/mol. The number of carboxylic acid groups (broad SMARTS) is 1. The summed E-state index contributed by atoms with van der Waals surface area (Å²) in [5.41, 5.74) is 6.67. The topological polar surface area (TPSA) is 79.5 Å². The van der Waals surface area contributed by atoms with E-state index in [-0.39, 0.29) is 0 Å². The molecule has 1 aromatic heterocycles. The van der Waals surface area contributed by atoms with Crippen molar-refractivity contribution in [3.8, 4) is 0 Å². The van der Waals surface area contributed by atoms with Crippen molar-refractivity contribution < 1.29 is 23.1 Å². The van der Waals surface area contributed by atoms with Gasteiger partial charge in [-0.15, -0.1) is 11.3 Å². The van der Waals surface area contributed by atoms with E-state index < -0.39 is 12.1 Å². The van der Waals surface area contributed by atoms with E-state index in [2.05, 4.69) is 9.88 Å². The van der Waals surface area contributed by atoms with Crippen LogP contribution in [0, 0.1) is 0 Å². The molecule has 5 nitrogen and oxygen atoms in total. The van der Waals surface area contributed by atoms with Crippen molar-refractivity contribution in [2.24, 2.45) is 0 Å². The van der Waals surface area contributed by atoms with Crippen LogP contribution in [0.15, 0.2) is 5.38 Å². The van der Waals surface area contributed by atoms with Crippen LogP contribution in [0.3, 0.4) is 0 Å². The Hall–Kier alpha value is -1.35. The number of aliphatic carboxylic acids is 1. The van der Waals surface area contributed by atoms with Crippen LogP contribution in [0.2, 0.25) is 0 Å². The number of nitrogen functional groups attached to an aromatic ring is 1. The summed E-state index contributed by atoms with van der Waals surface area (Å²) in [5.74, 6) is -2.76. The van der Waals surface area contributed by atoms with E-state index in [4.69, 9.17) is 15.6 Å². The zero-order valence-corrected chi connectivity index (χ0v) is 10.8. The van der Waals surface area contributed by atoms with Gasteiger partial charge in [0.05, 0.1) is 5.69 Å². The average molecular weight is 297 g/mol. The van der Waals surface area contributed by atoms with Gasteiger partial charge in [-0.3, -0.25) is 4.90 Å². The standard InChI is InChI=1S/C8H13N3S.C2HF3O2/c9-8-10-7(6-12-8)5-11-3-1-2-4-11;3-2(4,5)1(6)7/h6H,1-5H2,(H2,9,10);(H,6,7). The first-order valence-corrected chi connectivity index (χ1v) is 6.39. The van der Waals surface area contributed by atoms with Gasteiger partial charge in [0.25, 0.3) is 0 Å². The number of nitrogens with zero attached hydrogens (tertiary/aromatic N) is 2. The lowest BCUT2D eigenvalue weighted by Crippen LogP contribution is -2.21. The highest BCUT2D eigenvalue weighted by atomic mass is 32.1. The Morgan fingerprint density at radius 3 is 2.37 bits per heavy atom. The predicted octanol–water partition coefficient (Wildman–Crippen LogP) is 1.95. The van der Waals surface area contributed by atoms with E-state index in [1.165, 1.54) is 37.3 Å². The molecular formula is C10H14F3N3O2S. The number of carboxylic acids is 1. The molecule has 19 heavy (non-hydrogen) atoms. The summed E-state index contributed by atoms with van der Waals surface area (Å²) < 4.78 is 31.7. The number of alkyl halides is 3. The lowest BCUT2D eigenvalue weighted by molar-refractivity contribution is -0.192. The molecule has 2 rings (SSSR count). The van der Waals surface area contributed by atoms with Gasteiger partial charge in [-0.1, -0.05) is 0 Å². The smallest absolute Gasteiger partial charge is 0.475 e. The molecule has 1 aromatic rings. The van der Waals surface area contributed by atoms with E-state index >= 15 is 0 Å². The number of rotatable bonds is 2. The number of likely N-dealkylation sites (tertiary alicyclic amines) is 1. The number of hydrogen-bond donors (Lipinski definition) is 2. The van der Waals surface area contributed by atoms with Gasteiger partial charge in [0.2, 0.25) is 0 Å². The molecule has 0 spiro atoms. The maximum absolute atomic E-state index is 10.6. The Kier molecular flexibility index (Phi) is 5.55. The van der Waals surface area contributed by atoms with Crippen molar-refractivity contribution in [2.75, 3.05) is 18.8 Å². The number of halogens is 3. The summed E-state index contributed by atoms with van der Waals surface area (Å²) in [6.45, 7) is 3.42. The monoisotopic (exact) mass is 297 g/mol. The van der Waals surface area contributed by atoms with Crippen molar-refractivity contribution in [3.63, 3.8) is 0 Å². The van der Waals surface area contributed by atoms with Crippen molar-refractivity contribution in [2.45, 2.75) is 25.6 Å². The van der Waals surface area contributed by atoms with Crippen molar-refractivity contribution in [1.82, 2.24) is 9.88 Å². The molecular weight excluding hydrogens is 283 g/mol.